The molecule has 1 aromatic carbocycles. The quantitative estimate of drug-likeness (QED) is 0.479. The van der Waals surface area contributed by atoms with Crippen molar-refractivity contribution >= 4 is 34.5 Å². The predicted molar refractivity (Wildman–Crippen MR) is 77.1 cm³/mol. The second kappa shape index (κ2) is 5.87. The van der Waals surface area contributed by atoms with Gasteiger partial charge in [-0.2, -0.15) is 0 Å². The highest BCUT2D eigenvalue weighted by molar-refractivity contribution is 14.1. The van der Waals surface area contributed by atoms with Gasteiger partial charge in [0.15, 0.2) is 0 Å². The Morgan fingerprint density at radius 2 is 1.58 bits per heavy atom. The molecule has 1 aliphatic rings. The van der Waals surface area contributed by atoms with E-state index in [1.807, 2.05) is 30.3 Å². The summed E-state index contributed by atoms with van der Waals surface area (Å²) >= 11 is 2.11. The zero-order chi connectivity index (χ0) is 14.0. The van der Waals surface area contributed by atoms with Crippen LogP contribution in [-0.4, -0.2) is 39.1 Å². The average molecular weight is 375 g/mol. The second-order valence-electron chi connectivity index (χ2n) is 4.48. The van der Waals surface area contributed by atoms with E-state index >= 15 is 0 Å². The molecule has 102 valence electrons. The number of alkyl halides is 1. The number of hydrogen-bond acceptors (Lipinski definition) is 3. The third-order valence-corrected chi connectivity index (χ3v) is 4.70. The fraction of sp³-hybridized carbons (Fsp3) is 0.385. The molecule has 19 heavy (non-hydrogen) atoms. The van der Waals surface area contributed by atoms with Crippen LogP contribution < -0.4 is 0 Å². The monoisotopic (exact) mass is 375 g/mol. The number of nitrogens with zero attached hydrogens (tertiary/aromatic N) is 1. The van der Waals surface area contributed by atoms with Gasteiger partial charge in [-0.05, 0) is 18.4 Å². The van der Waals surface area contributed by atoms with Crippen molar-refractivity contribution < 1.29 is 19.8 Å². The van der Waals surface area contributed by atoms with E-state index in [-0.39, 0.29) is 4.05 Å². The summed E-state index contributed by atoms with van der Waals surface area (Å²) in [6, 6.07) is 7.90. The number of rotatable bonds is 4. The molecule has 0 bridgehead atoms. The largest absolute Gasteiger partial charge is 0.480 e. The van der Waals surface area contributed by atoms with E-state index in [4.69, 9.17) is 0 Å². The maximum atomic E-state index is 11.3. The molecule has 0 amide bonds. The maximum Gasteiger partial charge on any atom is 0.320 e. The van der Waals surface area contributed by atoms with Crippen molar-refractivity contribution in [1.29, 1.82) is 0 Å². The van der Waals surface area contributed by atoms with Gasteiger partial charge in [0.05, 0.1) is 4.05 Å². The first-order valence-electron chi connectivity index (χ1n) is 5.94. The van der Waals surface area contributed by atoms with Gasteiger partial charge in [-0.1, -0.05) is 52.9 Å². The normalized spacial score (nSPS) is 25.1. The molecule has 0 saturated carbocycles. The van der Waals surface area contributed by atoms with E-state index in [9.17, 15) is 19.8 Å². The van der Waals surface area contributed by atoms with E-state index in [0.29, 0.717) is 12.8 Å². The minimum atomic E-state index is -0.957. The van der Waals surface area contributed by atoms with Crippen molar-refractivity contribution in [1.82, 2.24) is 4.90 Å². The van der Waals surface area contributed by atoms with Crippen LogP contribution in [0.5, 0.6) is 0 Å². The molecule has 5 nitrogen and oxygen atoms in total. The van der Waals surface area contributed by atoms with E-state index in [1.165, 1.54) is 0 Å². The van der Waals surface area contributed by atoms with Gasteiger partial charge in [0.1, 0.15) is 12.1 Å². The fourth-order valence-electron chi connectivity index (χ4n) is 2.43. The van der Waals surface area contributed by atoms with Crippen molar-refractivity contribution in [3.05, 3.63) is 35.9 Å². The topological polar surface area (TPSA) is 77.8 Å². The van der Waals surface area contributed by atoms with Crippen LogP contribution in [0.15, 0.2) is 30.3 Å². The van der Waals surface area contributed by atoms with E-state index in [2.05, 4.69) is 22.6 Å². The van der Waals surface area contributed by atoms with Gasteiger partial charge in [0, 0.05) is 0 Å². The fourth-order valence-corrected chi connectivity index (χ4v) is 3.62. The number of carboxylic acid groups (broad SMARTS) is 2. The van der Waals surface area contributed by atoms with Crippen LogP contribution in [0.1, 0.15) is 22.5 Å². The lowest BCUT2D eigenvalue weighted by Crippen LogP contribution is -2.44. The average Bonchev–Trinajstić information content (AvgIpc) is 2.83. The smallest absolute Gasteiger partial charge is 0.320 e. The lowest BCUT2D eigenvalue weighted by atomic mass is 10.2. The summed E-state index contributed by atoms with van der Waals surface area (Å²) in [7, 11) is 0. The molecule has 1 heterocycles. The van der Waals surface area contributed by atoms with Gasteiger partial charge in [-0.3, -0.25) is 14.5 Å². The number of benzene rings is 1. The van der Waals surface area contributed by atoms with E-state index < -0.39 is 24.0 Å². The van der Waals surface area contributed by atoms with Gasteiger partial charge in [-0.25, -0.2) is 0 Å². The maximum absolute atomic E-state index is 11.3. The Bertz CT molecular complexity index is 457. The van der Waals surface area contributed by atoms with Crippen LogP contribution in [0, 0.1) is 0 Å². The molecule has 0 aliphatic carbocycles. The van der Waals surface area contributed by atoms with Gasteiger partial charge < -0.3 is 10.2 Å². The molecule has 1 aromatic rings. The van der Waals surface area contributed by atoms with Crippen molar-refractivity contribution in [2.45, 2.75) is 29.0 Å². The SMILES string of the molecule is O=C(O)C1CCC(C(=O)O)N1C(I)c1ccccc1. The van der Waals surface area contributed by atoms with Crippen molar-refractivity contribution in [2.24, 2.45) is 0 Å². The standard InChI is InChI=1S/C13H14INO4/c14-11(8-4-2-1-3-5-8)15-9(12(16)17)6-7-10(15)13(18)19/h1-5,9-11H,6-7H2,(H,16,17)(H,18,19). The van der Waals surface area contributed by atoms with Crippen LogP contribution in [0.2, 0.25) is 0 Å². The predicted octanol–water partition coefficient (Wildman–Crippen LogP) is 2.12. The van der Waals surface area contributed by atoms with Crippen LogP contribution >= 0.6 is 22.6 Å². The third kappa shape index (κ3) is 2.89. The van der Waals surface area contributed by atoms with Gasteiger partial charge in [-0.15, -0.1) is 0 Å². The molecule has 1 aliphatic heterocycles. The van der Waals surface area contributed by atoms with Crippen LogP contribution in [-0.2, 0) is 9.59 Å². The number of carbonyl (C=O) groups is 2. The molecule has 1 fully saturated rings. The summed E-state index contributed by atoms with van der Waals surface area (Å²) in [5.41, 5.74) is 0.919. The molecule has 6 heteroatoms. The highest BCUT2D eigenvalue weighted by atomic mass is 127. The highest BCUT2D eigenvalue weighted by Gasteiger charge is 2.44. The summed E-state index contributed by atoms with van der Waals surface area (Å²) in [6.07, 6.45) is 0.747. The first kappa shape index (κ1) is 14.3. The highest BCUT2D eigenvalue weighted by Crippen LogP contribution is 2.38. The number of carboxylic acids is 2. The lowest BCUT2D eigenvalue weighted by Gasteiger charge is -2.30. The number of hydrogen-bond donors (Lipinski definition) is 2. The summed E-state index contributed by atoms with van der Waals surface area (Å²) in [6.45, 7) is 0. The Morgan fingerprint density at radius 3 is 2.00 bits per heavy atom. The molecule has 0 radical (unpaired) electrons. The molecule has 1 saturated heterocycles. The van der Waals surface area contributed by atoms with Gasteiger partial charge in [0.25, 0.3) is 0 Å². The summed E-state index contributed by atoms with van der Waals surface area (Å²) in [4.78, 5) is 24.1. The molecule has 2 rings (SSSR count). The molecular formula is C13H14INO4. The number of halogens is 1. The van der Waals surface area contributed by atoms with Crippen molar-refractivity contribution in [3.63, 3.8) is 0 Å². The Hall–Kier alpha value is -1.15. The van der Waals surface area contributed by atoms with E-state index in [1.54, 1.807) is 4.90 Å². The minimum absolute atomic E-state index is 0.261. The first-order valence-corrected chi connectivity index (χ1v) is 7.19. The summed E-state index contributed by atoms with van der Waals surface area (Å²) < 4.78 is -0.261. The van der Waals surface area contributed by atoms with Crippen molar-refractivity contribution in [3.8, 4) is 0 Å². The molecular weight excluding hydrogens is 361 g/mol. The summed E-state index contributed by atoms with van der Waals surface area (Å²) in [5.74, 6) is -1.91. The van der Waals surface area contributed by atoms with E-state index in [0.717, 1.165) is 5.56 Å². The molecule has 0 spiro atoms. The van der Waals surface area contributed by atoms with Crippen molar-refractivity contribution in [2.75, 3.05) is 0 Å². The third-order valence-electron chi connectivity index (χ3n) is 3.34. The molecule has 3 unspecified atom stereocenters. The van der Waals surface area contributed by atoms with Gasteiger partial charge in [0.2, 0.25) is 0 Å². The van der Waals surface area contributed by atoms with Crippen LogP contribution in [0.3, 0.4) is 0 Å². The number of aliphatic carboxylic acids is 2. The van der Waals surface area contributed by atoms with Crippen LogP contribution in [0.25, 0.3) is 0 Å². The van der Waals surface area contributed by atoms with Crippen LogP contribution in [0.4, 0.5) is 0 Å². The lowest BCUT2D eigenvalue weighted by molar-refractivity contribution is -0.147. The minimum Gasteiger partial charge on any atom is -0.480 e. The Balaban J connectivity index is 2.31. The first-order chi connectivity index (χ1) is 9.02. The summed E-state index contributed by atoms with van der Waals surface area (Å²) in [5, 5.41) is 18.5. The Labute approximate surface area is 124 Å². The molecule has 3 atom stereocenters. The number of likely N-dealkylation sites (tertiary alicyclic amines) is 1. The Kier molecular flexibility index (Phi) is 4.41. The second-order valence-corrected chi connectivity index (χ2v) is 5.66. The molecule has 2 N–H and O–H groups in total. The molecule has 0 aromatic heterocycles. The van der Waals surface area contributed by atoms with Gasteiger partial charge >= 0.3 is 11.9 Å². The zero-order valence-electron chi connectivity index (χ0n) is 10.1. The Morgan fingerprint density at radius 1 is 1.11 bits per heavy atom. The zero-order valence-corrected chi connectivity index (χ0v) is 12.2.